The maximum absolute atomic E-state index is 14.9. The van der Waals surface area contributed by atoms with Gasteiger partial charge in [-0.3, -0.25) is 19.2 Å². The second-order valence-corrected chi connectivity index (χ2v) is 18.2. The number of ether oxygens (including phenoxy) is 4. The minimum atomic E-state index is -2.04. The first kappa shape index (κ1) is 47.0. The zero-order chi connectivity index (χ0) is 47.7. The lowest BCUT2D eigenvalue weighted by Gasteiger charge is -2.38. The number of carbonyl (C=O) groups excluding carboxylic acids is 3. The van der Waals surface area contributed by atoms with Crippen molar-refractivity contribution in [1.82, 2.24) is 4.98 Å². The number of aliphatic hydroxyl groups is 2. The van der Waals surface area contributed by atoms with E-state index in [2.05, 4.69) is 15.1 Å². The van der Waals surface area contributed by atoms with Gasteiger partial charge in [-0.2, -0.15) is 0 Å². The molecule has 16 nitrogen and oxygen atoms in total. The van der Waals surface area contributed by atoms with E-state index >= 15 is 0 Å². The molecule has 0 aliphatic carbocycles. The van der Waals surface area contributed by atoms with Crippen LogP contribution in [0.1, 0.15) is 75.5 Å². The molecule has 0 spiro atoms. The number of hydrogen-bond donors (Lipinski definition) is 4. The van der Waals surface area contributed by atoms with E-state index in [4.69, 9.17) is 28.3 Å². The van der Waals surface area contributed by atoms with E-state index in [0.717, 1.165) is 35.6 Å². The van der Waals surface area contributed by atoms with Crippen LogP contribution in [0, 0.1) is 44.4 Å². The zero-order valence-electron chi connectivity index (χ0n) is 39.3. The van der Waals surface area contributed by atoms with E-state index in [0.29, 0.717) is 11.1 Å². The Morgan fingerprint density at radius 2 is 1.52 bits per heavy atom. The maximum Gasteiger partial charge on any atom is 0.312 e. The summed E-state index contributed by atoms with van der Waals surface area (Å²) in [5, 5.41) is 37.8. The van der Waals surface area contributed by atoms with Crippen LogP contribution in [0.3, 0.4) is 0 Å². The third-order valence-electron chi connectivity index (χ3n) is 13.7. The Labute approximate surface area is 377 Å². The van der Waals surface area contributed by atoms with Crippen LogP contribution in [0.4, 0.5) is 17.1 Å². The van der Waals surface area contributed by atoms with E-state index in [1.54, 1.807) is 46.8 Å². The van der Waals surface area contributed by atoms with Gasteiger partial charge in [-0.05, 0) is 33.8 Å². The molecular formula is C49H60N4O12. The summed E-state index contributed by atoms with van der Waals surface area (Å²) in [6, 6.07) is 0. The largest absolute Gasteiger partial charge is 0.505 e. The molecule has 3 aromatic carbocycles. The van der Waals surface area contributed by atoms with Gasteiger partial charge in [0.1, 0.15) is 28.6 Å². The second kappa shape index (κ2) is 17.4. The van der Waals surface area contributed by atoms with Gasteiger partial charge in [-0.25, -0.2) is 4.98 Å². The van der Waals surface area contributed by atoms with Gasteiger partial charge in [0, 0.05) is 99.5 Å². The molecule has 3 aliphatic rings. The van der Waals surface area contributed by atoms with Crippen LogP contribution in [-0.2, 0) is 23.8 Å². The number of nitrogens with zero attached hydrogens (tertiary/aromatic N) is 3. The average molecular weight is 897 g/mol. The van der Waals surface area contributed by atoms with E-state index in [1.165, 1.54) is 46.3 Å². The molecule has 4 N–H and O–H groups in total. The maximum atomic E-state index is 14.9. The van der Waals surface area contributed by atoms with Gasteiger partial charge in [-0.15, -0.1) is 0 Å². The number of aromatic nitrogens is 1. The number of nitrogens with one attached hydrogen (secondary N) is 1. The van der Waals surface area contributed by atoms with E-state index in [-0.39, 0.29) is 50.0 Å². The number of phenolic OH excluding ortho intramolecular Hbond substituents is 1. The molecule has 0 fully saturated rings. The molecule has 7 rings (SSSR count). The van der Waals surface area contributed by atoms with Crippen molar-refractivity contribution in [2.24, 2.45) is 23.7 Å². The highest BCUT2D eigenvalue weighted by Gasteiger charge is 2.50. The predicted molar refractivity (Wildman–Crippen MR) is 248 cm³/mol. The topological polar surface area (TPSA) is 210 Å². The first-order valence-electron chi connectivity index (χ1n) is 21.9. The molecule has 4 heterocycles. The second-order valence-electron chi connectivity index (χ2n) is 18.2. The molecule has 348 valence electrons. The lowest BCUT2D eigenvalue weighted by molar-refractivity contribution is -0.160. The molecule has 4 bridgehead atoms. The van der Waals surface area contributed by atoms with Gasteiger partial charge < -0.3 is 53.8 Å². The Morgan fingerprint density at radius 1 is 0.877 bits per heavy atom. The van der Waals surface area contributed by atoms with Gasteiger partial charge in [0.15, 0.2) is 22.3 Å². The number of aryl methyl sites for hydroxylation is 2. The minimum Gasteiger partial charge on any atom is -0.505 e. The summed E-state index contributed by atoms with van der Waals surface area (Å²) in [6.07, 6.45) is 3.70. The summed E-state index contributed by atoms with van der Waals surface area (Å²) in [7, 11) is 5.44. The number of ketones is 1. The summed E-state index contributed by atoms with van der Waals surface area (Å²) in [6.45, 7) is 18.0. The number of Topliss-reactive ketones (excluding diaryl/α,β-unsaturated/α-hetero) is 1. The molecule has 65 heavy (non-hydrogen) atoms. The number of amides is 1. The van der Waals surface area contributed by atoms with Crippen molar-refractivity contribution in [2.75, 3.05) is 49.4 Å². The summed E-state index contributed by atoms with van der Waals surface area (Å²) >= 11 is 0. The number of benzene rings is 3. The number of carbonyl (C=O) groups is 3. The van der Waals surface area contributed by atoms with E-state index in [9.17, 15) is 34.5 Å². The fraction of sp³-hybridized carbons (Fsp3) is 0.490. The highest BCUT2D eigenvalue weighted by Crippen LogP contribution is 2.50. The Balaban J connectivity index is 1.50. The Bertz CT molecular complexity index is 2790. The molecule has 9 atom stereocenters. The molecule has 0 radical (unpaired) electrons. The number of esters is 1. The number of aromatic hydroxyl groups is 1. The Hall–Kier alpha value is -5.97. The summed E-state index contributed by atoms with van der Waals surface area (Å²) in [4.78, 5) is 65.4. The van der Waals surface area contributed by atoms with Crippen LogP contribution < -0.4 is 25.3 Å². The number of allylic oxidation sites excluding steroid dienone is 2. The summed E-state index contributed by atoms with van der Waals surface area (Å²) in [5.74, 6) is -7.16. The highest BCUT2D eigenvalue weighted by atomic mass is 16.7. The van der Waals surface area contributed by atoms with Crippen molar-refractivity contribution in [3.8, 4) is 11.5 Å². The van der Waals surface area contributed by atoms with Gasteiger partial charge >= 0.3 is 11.8 Å². The number of likely N-dealkylation sites (N-methyl/N-ethyl adjacent to an activating group) is 2. The minimum absolute atomic E-state index is 0.00463. The number of fused-ring (bicyclic) bond motifs is 3. The lowest BCUT2D eigenvalue weighted by atomic mass is 9.78. The number of hydrogen-bond acceptors (Lipinski definition) is 15. The molecule has 3 aliphatic heterocycles. The van der Waals surface area contributed by atoms with Crippen LogP contribution in [0.5, 0.6) is 11.5 Å². The van der Waals surface area contributed by atoms with Crippen LogP contribution in [0.25, 0.3) is 33.0 Å². The smallest absolute Gasteiger partial charge is 0.312 e. The van der Waals surface area contributed by atoms with Gasteiger partial charge in [0.2, 0.25) is 0 Å². The molecule has 0 saturated carbocycles. The zero-order valence-corrected chi connectivity index (χ0v) is 39.3. The number of methoxy groups -OCH3 is 1. The normalized spacial score (nSPS) is 29.6. The quantitative estimate of drug-likeness (QED) is 0.0733. The van der Waals surface area contributed by atoms with Gasteiger partial charge in [-0.1, -0.05) is 45.9 Å². The van der Waals surface area contributed by atoms with Crippen molar-refractivity contribution in [3.05, 3.63) is 68.6 Å². The van der Waals surface area contributed by atoms with Crippen molar-refractivity contribution in [3.63, 3.8) is 0 Å². The van der Waals surface area contributed by atoms with Crippen LogP contribution in [0.15, 0.2) is 45.4 Å². The van der Waals surface area contributed by atoms with Crippen LogP contribution in [0.2, 0.25) is 0 Å². The number of rotatable bonds is 2. The summed E-state index contributed by atoms with van der Waals surface area (Å²) in [5.41, 5.74) is 3.36. The van der Waals surface area contributed by atoms with Crippen LogP contribution in [-0.4, -0.2) is 102 Å². The van der Waals surface area contributed by atoms with Crippen LogP contribution >= 0.6 is 0 Å². The third kappa shape index (κ3) is 7.78. The number of aliphatic hydroxyl groups excluding tert-OH is 2. The van der Waals surface area contributed by atoms with Crippen molar-refractivity contribution in [1.29, 1.82) is 0 Å². The number of anilines is 3. The molecule has 0 unspecified atom stereocenters. The molecule has 1 amide bonds. The average Bonchev–Trinajstić information content (AvgIpc) is 3.53. The fourth-order valence-corrected chi connectivity index (χ4v) is 9.74. The molecule has 16 heteroatoms. The molecule has 4 aromatic rings. The van der Waals surface area contributed by atoms with E-state index in [1.807, 2.05) is 27.9 Å². The van der Waals surface area contributed by atoms with Gasteiger partial charge in [0.25, 0.3) is 11.7 Å². The first-order chi connectivity index (χ1) is 30.6. The molecule has 1 aromatic heterocycles. The van der Waals surface area contributed by atoms with E-state index < -0.39 is 82.7 Å². The number of phenols is 1. The lowest BCUT2D eigenvalue weighted by Crippen LogP contribution is -2.46. The Morgan fingerprint density at radius 3 is 2.15 bits per heavy atom. The first-order valence-corrected chi connectivity index (χ1v) is 21.9. The van der Waals surface area contributed by atoms with Crippen molar-refractivity contribution in [2.45, 2.75) is 99.4 Å². The highest BCUT2D eigenvalue weighted by molar-refractivity contribution is 6.26. The fourth-order valence-electron chi connectivity index (χ4n) is 9.74. The van der Waals surface area contributed by atoms with Gasteiger partial charge in [0.05, 0.1) is 46.9 Å². The summed E-state index contributed by atoms with van der Waals surface area (Å²) < 4.78 is 30.8. The van der Waals surface area contributed by atoms with Crippen molar-refractivity contribution < 1.29 is 53.1 Å². The monoisotopic (exact) mass is 896 g/mol. The standard InChI is InChI=1S/C49H60N4O12/c1-21-15-14-16-22(2)48(60)51-36-42(58)32-31(35-46(36)64-45-25(5)38-37(24(4)34(45)50-35)52(11)18-19-53(38)12)33-44(28(8)41(32)57)65-49(10,47(33)59)62-20-17-30(61-13)23(3)43(63-29(9)54)27(7)40(56)26(6)39(21)55/h14-17,20-21,23,26-27,30,39-40,43,55-56,58H,18-19H2,1-13H3,(H,51,60)/b15-14+,20-17+,22-16-/t21-,23+,26+,27+,30-,39-,40+,43+,49-/m0/s1. The molecule has 0 saturated heterocycles. The molecular weight excluding hydrogens is 837 g/mol. The third-order valence-corrected chi connectivity index (χ3v) is 13.7. The SMILES string of the molecule is CO[C@H]1/C=C/O[C@@]2(C)Oc3c(C)c(=O)c4c(O)c(c5oc6c(C)c7c(c(C)c6nc5c4c3C2=O)N(C)CCN7C)NC(=O)/C(C)=C\C=C\[C@H](C)[C@H](O)[C@@H](C)[C@@H](O)[C@@H](C)[C@H](OC(C)=O)[C@@H]1C. The van der Waals surface area contributed by atoms with Crippen molar-refractivity contribution >= 4 is 67.7 Å². The predicted octanol–water partition coefficient (Wildman–Crippen LogP) is 6.50. The Kier molecular flexibility index (Phi) is 12.6.